The fourth-order valence-corrected chi connectivity index (χ4v) is 6.02. The number of methoxy groups -OCH3 is 1. The average molecular weight is 578 g/mol. The van der Waals surface area contributed by atoms with Crippen LogP contribution in [0.3, 0.4) is 0 Å². The lowest BCUT2D eigenvalue weighted by molar-refractivity contribution is -0.138. The summed E-state index contributed by atoms with van der Waals surface area (Å²) in [5, 5.41) is 3.85. The number of hydrogen-bond donors (Lipinski definition) is 2. The fraction of sp³-hybridized carbons (Fsp3) is 0.308. The second-order valence-electron chi connectivity index (χ2n) is 9.96. The molecule has 1 aliphatic carbocycles. The number of hydrogen-bond acceptors (Lipinski definition) is 8. The molecular formula is C26H24BrN7O4. The van der Waals surface area contributed by atoms with Crippen molar-refractivity contribution in [2.45, 2.75) is 38.4 Å². The van der Waals surface area contributed by atoms with Gasteiger partial charge in [-0.25, -0.2) is 19.7 Å². The van der Waals surface area contributed by atoms with E-state index in [9.17, 15) is 14.4 Å². The molecule has 6 rings (SSSR count). The maximum absolute atomic E-state index is 13.9. The van der Waals surface area contributed by atoms with Crippen molar-refractivity contribution >= 4 is 67.3 Å². The van der Waals surface area contributed by atoms with Crippen LogP contribution in [0.2, 0.25) is 0 Å². The maximum Gasteiger partial charge on any atom is 0.338 e. The summed E-state index contributed by atoms with van der Waals surface area (Å²) >= 11 is 3.31. The molecule has 3 aromatic heterocycles. The number of benzene rings is 1. The van der Waals surface area contributed by atoms with Gasteiger partial charge in [-0.15, -0.1) is 0 Å². The molecule has 0 spiro atoms. The number of likely N-dealkylation sites (tertiary alicyclic amines) is 1. The molecule has 2 fully saturated rings. The molecule has 0 bridgehead atoms. The first-order valence-corrected chi connectivity index (χ1v) is 12.9. The predicted octanol–water partition coefficient (Wildman–Crippen LogP) is 3.13. The first-order chi connectivity index (χ1) is 18.2. The van der Waals surface area contributed by atoms with Crippen LogP contribution in [0.25, 0.3) is 21.9 Å². The van der Waals surface area contributed by atoms with Crippen LogP contribution >= 0.6 is 15.9 Å². The van der Waals surface area contributed by atoms with Gasteiger partial charge in [0.1, 0.15) is 40.8 Å². The van der Waals surface area contributed by atoms with Crippen molar-refractivity contribution in [1.29, 1.82) is 0 Å². The van der Waals surface area contributed by atoms with Crippen molar-refractivity contribution in [1.82, 2.24) is 24.4 Å². The number of piperidine rings is 1. The SMILES string of the molecule is COC(=O)c1cccc2c1c1c(N)ncnc1n2CC(=O)N1[C@H](C(=O)Nc2cccc(Br)n2)C[C@@]2(C)C[C@@H]12. The molecule has 1 saturated carbocycles. The van der Waals surface area contributed by atoms with Crippen molar-refractivity contribution in [3.8, 4) is 0 Å². The number of carbonyl (C=O) groups is 3. The van der Waals surface area contributed by atoms with E-state index in [1.54, 1.807) is 45.9 Å². The standard InChI is InChI=1S/C26H24BrN7O4/c1-26-9-15(24(36)32-18-8-4-7-17(27)31-18)34(16(26)10-26)19(35)11-33-14-6-3-5-13(25(37)38-2)20(14)21-22(28)29-12-30-23(21)33/h3-8,12,15-16H,9-11H2,1-2H3,(H2,28,29,30)(H,31,32,36)/t15-,16+,26-/m0/s1. The van der Waals surface area contributed by atoms with Gasteiger partial charge in [-0.3, -0.25) is 9.59 Å². The molecule has 1 aromatic carbocycles. The minimum Gasteiger partial charge on any atom is -0.465 e. The third kappa shape index (κ3) is 3.78. The van der Waals surface area contributed by atoms with E-state index in [0.29, 0.717) is 44.3 Å². The first kappa shape index (κ1) is 24.3. The minimum absolute atomic E-state index is 0.0281. The number of esters is 1. The topological polar surface area (TPSA) is 145 Å². The van der Waals surface area contributed by atoms with Gasteiger partial charge in [0.05, 0.1) is 23.6 Å². The van der Waals surface area contributed by atoms with Crippen LogP contribution < -0.4 is 11.1 Å². The first-order valence-electron chi connectivity index (χ1n) is 12.1. The highest BCUT2D eigenvalue weighted by Crippen LogP contribution is 2.59. The quantitative estimate of drug-likeness (QED) is 0.272. The summed E-state index contributed by atoms with van der Waals surface area (Å²) in [7, 11) is 1.30. The number of anilines is 2. The van der Waals surface area contributed by atoms with Crippen molar-refractivity contribution in [2.24, 2.45) is 5.41 Å². The molecule has 3 atom stereocenters. The molecule has 4 aromatic rings. The molecule has 2 aliphatic rings. The fourth-order valence-electron chi connectivity index (χ4n) is 5.68. The van der Waals surface area contributed by atoms with E-state index < -0.39 is 12.0 Å². The van der Waals surface area contributed by atoms with Gasteiger partial charge < -0.3 is 25.3 Å². The maximum atomic E-state index is 13.9. The second-order valence-corrected chi connectivity index (χ2v) is 10.8. The highest BCUT2D eigenvalue weighted by atomic mass is 79.9. The normalized spacial score (nSPS) is 21.9. The number of nitrogens with one attached hydrogen (secondary N) is 1. The van der Waals surface area contributed by atoms with E-state index in [-0.39, 0.29) is 35.6 Å². The third-order valence-corrected chi connectivity index (χ3v) is 8.03. The predicted molar refractivity (Wildman–Crippen MR) is 143 cm³/mol. The third-order valence-electron chi connectivity index (χ3n) is 7.59. The van der Waals surface area contributed by atoms with Gasteiger partial charge in [0, 0.05) is 11.4 Å². The monoisotopic (exact) mass is 577 g/mol. The lowest BCUT2D eigenvalue weighted by atomic mass is 10.0. The molecule has 3 N–H and O–H groups in total. The Morgan fingerprint density at radius 1 is 1.16 bits per heavy atom. The molecule has 12 heteroatoms. The number of carbonyl (C=O) groups excluding carboxylic acids is 3. The van der Waals surface area contributed by atoms with Crippen LogP contribution in [-0.4, -0.2) is 61.4 Å². The zero-order valence-electron chi connectivity index (χ0n) is 20.6. The van der Waals surface area contributed by atoms with Crippen LogP contribution in [0, 0.1) is 5.41 Å². The van der Waals surface area contributed by atoms with Gasteiger partial charge in [-0.1, -0.05) is 19.1 Å². The Balaban J connectivity index is 1.38. The van der Waals surface area contributed by atoms with Crippen molar-refractivity contribution in [2.75, 3.05) is 18.2 Å². The molecule has 0 radical (unpaired) electrons. The molecule has 1 saturated heterocycles. The van der Waals surface area contributed by atoms with Crippen LogP contribution in [-0.2, 0) is 20.9 Å². The number of halogens is 1. The van der Waals surface area contributed by atoms with Crippen LogP contribution in [0.15, 0.2) is 47.3 Å². The van der Waals surface area contributed by atoms with E-state index in [2.05, 4.69) is 43.1 Å². The molecule has 38 heavy (non-hydrogen) atoms. The summed E-state index contributed by atoms with van der Waals surface area (Å²) < 4.78 is 7.30. The van der Waals surface area contributed by atoms with Crippen LogP contribution in [0.5, 0.6) is 0 Å². The minimum atomic E-state index is -0.634. The van der Waals surface area contributed by atoms with Crippen molar-refractivity contribution in [3.63, 3.8) is 0 Å². The Bertz CT molecular complexity index is 1650. The molecule has 0 unspecified atom stereocenters. The smallest absolute Gasteiger partial charge is 0.338 e. The number of nitrogen functional groups attached to an aromatic ring is 1. The number of ether oxygens (including phenoxy) is 1. The highest BCUT2D eigenvalue weighted by molar-refractivity contribution is 9.10. The number of rotatable bonds is 5. The van der Waals surface area contributed by atoms with E-state index in [1.807, 2.05) is 0 Å². The van der Waals surface area contributed by atoms with Crippen LogP contribution in [0.4, 0.5) is 11.6 Å². The van der Waals surface area contributed by atoms with E-state index in [1.165, 1.54) is 13.4 Å². The van der Waals surface area contributed by atoms with E-state index >= 15 is 0 Å². The lowest BCUT2D eigenvalue weighted by Crippen LogP contribution is -2.46. The van der Waals surface area contributed by atoms with Gasteiger partial charge in [-0.2, -0.15) is 0 Å². The average Bonchev–Trinajstić information content (AvgIpc) is 3.29. The van der Waals surface area contributed by atoms with Gasteiger partial charge in [-0.05, 0) is 58.5 Å². The Kier molecular flexibility index (Phi) is 5.60. The number of fused-ring (bicyclic) bond motifs is 4. The Morgan fingerprint density at radius 2 is 1.95 bits per heavy atom. The highest BCUT2D eigenvalue weighted by Gasteiger charge is 2.64. The largest absolute Gasteiger partial charge is 0.465 e. The van der Waals surface area contributed by atoms with Crippen molar-refractivity contribution in [3.05, 3.63) is 52.9 Å². The zero-order valence-corrected chi connectivity index (χ0v) is 22.2. The summed E-state index contributed by atoms with van der Waals surface area (Å²) in [5.41, 5.74) is 7.44. The Hall–Kier alpha value is -4.06. The number of nitrogens with two attached hydrogens (primary N) is 1. The van der Waals surface area contributed by atoms with Crippen molar-refractivity contribution < 1.29 is 19.1 Å². The number of aromatic nitrogens is 4. The number of amides is 2. The molecule has 1 aliphatic heterocycles. The Morgan fingerprint density at radius 3 is 2.71 bits per heavy atom. The summed E-state index contributed by atoms with van der Waals surface area (Å²) in [6.45, 7) is 2.01. The molecule has 194 valence electrons. The van der Waals surface area contributed by atoms with Gasteiger partial charge in [0.25, 0.3) is 0 Å². The number of nitrogens with zero attached hydrogens (tertiary/aromatic N) is 5. The summed E-state index contributed by atoms with van der Waals surface area (Å²) in [4.78, 5) is 54.3. The Labute approximate surface area is 225 Å². The van der Waals surface area contributed by atoms with Gasteiger partial charge in [0.15, 0.2) is 0 Å². The van der Waals surface area contributed by atoms with E-state index in [0.717, 1.165) is 6.42 Å². The molecule has 11 nitrogen and oxygen atoms in total. The summed E-state index contributed by atoms with van der Waals surface area (Å²) in [5.74, 6) is -0.433. The van der Waals surface area contributed by atoms with Gasteiger partial charge >= 0.3 is 5.97 Å². The van der Waals surface area contributed by atoms with Gasteiger partial charge in [0.2, 0.25) is 11.8 Å². The molecule has 2 amide bonds. The van der Waals surface area contributed by atoms with E-state index in [4.69, 9.17) is 10.5 Å². The molecular weight excluding hydrogens is 554 g/mol. The second kappa shape index (κ2) is 8.76. The lowest BCUT2D eigenvalue weighted by Gasteiger charge is -2.27. The molecule has 4 heterocycles. The summed E-state index contributed by atoms with van der Waals surface area (Å²) in [6.07, 6.45) is 2.73. The zero-order chi connectivity index (χ0) is 26.8. The van der Waals surface area contributed by atoms with Crippen LogP contribution in [0.1, 0.15) is 30.1 Å². The summed E-state index contributed by atoms with van der Waals surface area (Å²) in [6, 6.07) is 9.74. The number of pyridine rings is 1.